The zero-order valence-corrected chi connectivity index (χ0v) is 9.60. The van der Waals surface area contributed by atoms with Crippen molar-refractivity contribution < 1.29 is 14.1 Å². The summed E-state index contributed by atoms with van der Waals surface area (Å²) in [6.45, 7) is 4.32. The minimum Gasteiger partial charge on any atom is -0.480 e. The van der Waals surface area contributed by atoms with Crippen LogP contribution in [0.25, 0.3) is 0 Å². The number of carboxylic acid groups (broad SMARTS) is 1. The quantitative estimate of drug-likeness (QED) is 0.630. The van der Waals surface area contributed by atoms with E-state index in [0.29, 0.717) is 24.5 Å². The molecule has 0 radical (unpaired) electrons. The van der Waals surface area contributed by atoms with E-state index in [9.17, 15) is 9.00 Å². The second kappa shape index (κ2) is 7.94. The zero-order chi connectivity index (χ0) is 11.0. The second-order valence-electron chi connectivity index (χ2n) is 3.07. The van der Waals surface area contributed by atoms with Gasteiger partial charge < -0.3 is 10.4 Å². The Morgan fingerprint density at radius 3 is 2.57 bits per heavy atom. The van der Waals surface area contributed by atoms with Gasteiger partial charge in [-0.05, 0) is 6.42 Å². The summed E-state index contributed by atoms with van der Waals surface area (Å²) >= 11 is 0. The van der Waals surface area contributed by atoms with Crippen molar-refractivity contribution in [3.63, 3.8) is 0 Å². The van der Waals surface area contributed by atoms with Gasteiger partial charge in [0.2, 0.25) is 0 Å². The monoisotopic (exact) mass is 221 g/mol. The van der Waals surface area contributed by atoms with Crippen molar-refractivity contribution >= 4 is 16.8 Å². The number of carboxylic acids is 1. The van der Waals surface area contributed by atoms with Crippen molar-refractivity contribution in [3.05, 3.63) is 0 Å². The number of nitrogens with one attached hydrogen (secondary N) is 1. The van der Waals surface area contributed by atoms with E-state index in [-0.39, 0.29) is 0 Å². The molecule has 0 rings (SSSR count). The standard InChI is InChI=1S/C9H19NO3S/c1-3-5-8(9(11)12)10-6-7-14(13)4-2/h8,10H,3-7H2,1-2H3,(H,11,12). The number of hydrogen-bond donors (Lipinski definition) is 2. The fourth-order valence-corrected chi connectivity index (χ4v) is 1.73. The molecule has 0 heterocycles. The first-order valence-corrected chi connectivity index (χ1v) is 6.41. The van der Waals surface area contributed by atoms with Gasteiger partial charge in [-0.25, -0.2) is 0 Å². The summed E-state index contributed by atoms with van der Waals surface area (Å²) < 4.78 is 11.0. The number of hydrogen-bond acceptors (Lipinski definition) is 3. The molecule has 0 saturated heterocycles. The Labute approximate surface area is 87.5 Å². The fraction of sp³-hybridized carbons (Fsp3) is 0.889. The molecule has 2 N–H and O–H groups in total. The lowest BCUT2D eigenvalue weighted by atomic mass is 10.2. The average molecular weight is 221 g/mol. The molecular weight excluding hydrogens is 202 g/mol. The van der Waals surface area contributed by atoms with Crippen LogP contribution in [0.4, 0.5) is 0 Å². The summed E-state index contributed by atoms with van der Waals surface area (Å²) in [4.78, 5) is 10.7. The predicted octanol–water partition coefficient (Wildman–Crippen LogP) is 0.598. The maximum absolute atomic E-state index is 11.0. The molecule has 84 valence electrons. The normalized spacial score (nSPS) is 15.0. The van der Waals surface area contributed by atoms with Crippen LogP contribution in [0.5, 0.6) is 0 Å². The van der Waals surface area contributed by atoms with Crippen molar-refractivity contribution in [2.75, 3.05) is 18.1 Å². The van der Waals surface area contributed by atoms with Crippen LogP contribution >= 0.6 is 0 Å². The molecule has 0 aromatic carbocycles. The van der Waals surface area contributed by atoms with Gasteiger partial charge in [-0.2, -0.15) is 0 Å². The maximum atomic E-state index is 11.0. The van der Waals surface area contributed by atoms with Crippen LogP contribution in [0, 0.1) is 0 Å². The Kier molecular flexibility index (Phi) is 7.70. The SMILES string of the molecule is CCCC(NCCS(=O)CC)C(=O)O. The van der Waals surface area contributed by atoms with E-state index in [1.807, 2.05) is 13.8 Å². The van der Waals surface area contributed by atoms with Gasteiger partial charge in [-0.1, -0.05) is 20.3 Å². The first kappa shape index (κ1) is 13.6. The first-order chi connectivity index (χ1) is 6.61. The fourth-order valence-electron chi connectivity index (χ4n) is 1.09. The molecule has 0 aliphatic carbocycles. The molecule has 0 fully saturated rings. The summed E-state index contributed by atoms with van der Waals surface area (Å²) in [6, 6.07) is -0.492. The van der Waals surface area contributed by atoms with E-state index < -0.39 is 22.8 Å². The molecule has 14 heavy (non-hydrogen) atoms. The molecular formula is C9H19NO3S. The van der Waals surface area contributed by atoms with Crippen LogP contribution in [0.15, 0.2) is 0 Å². The van der Waals surface area contributed by atoms with E-state index in [1.54, 1.807) is 0 Å². The van der Waals surface area contributed by atoms with E-state index in [1.165, 1.54) is 0 Å². The van der Waals surface area contributed by atoms with Crippen molar-refractivity contribution in [1.29, 1.82) is 0 Å². The van der Waals surface area contributed by atoms with Crippen LogP contribution in [-0.4, -0.2) is 39.4 Å². The second-order valence-corrected chi connectivity index (χ2v) is 4.93. The van der Waals surface area contributed by atoms with Gasteiger partial charge in [0.25, 0.3) is 0 Å². The lowest BCUT2D eigenvalue weighted by Crippen LogP contribution is -2.38. The molecule has 5 heteroatoms. The lowest BCUT2D eigenvalue weighted by molar-refractivity contribution is -0.139. The summed E-state index contributed by atoms with van der Waals surface area (Å²) in [5, 5.41) is 11.7. The third kappa shape index (κ3) is 6.10. The smallest absolute Gasteiger partial charge is 0.320 e. The maximum Gasteiger partial charge on any atom is 0.320 e. The molecule has 0 bridgehead atoms. The van der Waals surface area contributed by atoms with Crippen molar-refractivity contribution in [1.82, 2.24) is 5.32 Å². The van der Waals surface area contributed by atoms with Gasteiger partial charge >= 0.3 is 5.97 Å². The largest absolute Gasteiger partial charge is 0.480 e. The Bertz CT molecular complexity index is 196. The third-order valence-electron chi connectivity index (χ3n) is 1.92. The summed E-state index contributed by atoms with van der Waals surface area (Å²) in [6.07, 6.45) is 1.45. The highest BCUT2D eigenvalue weighted by molar-refractivity contribution is 7.84. The van der Waals surface area contributed by atoms with Gasteiger partial charge in [-0.15, -0.1) is 0 Å². The minimum absolute atomic E-state index is 0.492. The van der Waals surface area contributed by atoms with Crippen LogP contribution in [0.2, 0.25) is 0 Å². The molecule has 2 atom stereocenters. The highest BCUT2D eigenvalue weighted by atomic mass is 32.2. The molecule has 0 spiro atoms. The molecule has 0 saturated carbocycles. The van der Waals surface area contributed by atoms with E-state index in [0.717, 1.165) is 6.42 Å². The number of rotatable bonds is 8. The Hall–Kier alpha value is -0.420. The van der Waals surface area contributed by atoms with E-state index in [4.69, 9.17) is 5.11 Å². The predicted molar refractivity (Wildman–Crippen MR) is 57.9 cm³/mol. The molecule has 4 nitrogen and oxygen atoms in total. The minimum atomic E-state index is -0.825. The molecule has 2 unspecified atom stereocenters. The zero-order valence-electron chi connectivity index (χ0n) is 8.78. The van der Waals surface area contributed by atoms with Crippen LogP contribution < -0.4 is 5.32 Å². The van der Waals surface area contributed by atoms with Gasteiger partial charge in [0.05, 0.1) is 0 Å². The third-order valence-corrected chi connectivity index (χ3v) is 3.22. The van der Waals surface area contributed by atoms with Crippen LogP contribution in [0.1, 0.15) is 26.7 Å². The van der Waals surface area contributed by atoms with Crippen LogP contribution in [0.3, 0.4) is 0 Å². The first-order valence-electron chi connectivity index (χ1n) is 4.93. The highest BCUT2D eigenvalue weighted by Gasteiger charge is 2.14. The van der Waals surface area contributed by atoms with Gasteiger partial charge in [-0.3, -0.25) is 9.00 Å². The van der Waals surface area contributed by atoms with Gasteiger partial charge in [0.15, 0.2) is 0 Å². The summed E-state index contributed by atoms with van der Waals surface area (Å²) in [7, 11) is -0.816. The summed E-state index contributed by atoms with van der Waals surface area (Å²) in [5.74, 6) is 0.339. The summed E-state index contributed by atoms with van der Waals surface area (Å²) in [5.41, 5.74) is 0. The van der Waals surface area contributed by atoms with Gasteiger partial charge in [0.1, 0.15) is 6.04 Å². The molecule has 0 aliphatic heterocycles. The number of carbonyl (C=O) groups is 1. The molecule has 0 aromatic rings. The molecule has 0 aliphatic rings. The molecule has 0 aromatic heterocycles. The van der Waals surface area contributed by atoms with E-state index in [2.05, 4.69) is 5.32 Å². The van der Waals surface area contributed by atoms with E-state index >= 15 is 0 Å². The Morgan fingerprint density at radius 1 is 1.50 bits per heavy atom. The molecule has 0 amide bonds. The topological polar surface area (TPSA) is 66.4 Å². The van der Waals surface area contributed by atoms with Crippen molar-refractivity contribution in [2.45, 2.75) is 32.7 Å². The van der Waals surface area contributed by atoms with Crippen molar-refractivity contribution in [2.24, 2.45) is 0 Å². The lowest BCUT2D eigenvalue weighted by Gasteiger charge is -2.12. The average Bonchev–Trinajstić information content (AvgIpc) is 2.16. The Morgan fingerprint density at radius 2 is 2.14 bits per heavy atom. The van der Waals surface area contributed by atoms with Crippen LogP contribution in [-0.2, 0) is 15.6 Å². The highest BCUT2D eigenvalue weighted by Crippen LogP contribution is 1.96. The number of aliphatic carboxylic acids is 1. The van der Waals surface area contributed by atoms with Crippen molar-refractivity contribution in [3.8, 4) is 0 Å². The Balaban J connectivity index is 3.71. The van der Waals surface area contributed by atoms with Gasteiger partial charge in [0, 0.05) is 28.9 Å².